The Kier molecular flexibility index (Phi) is 5.82. The van der Waals surface area contributed by atoms with E-state index in [-0.39, 0.29) is 17.1 Å². The number of rotatable bonds is 5. The van der Waals surface area contributed by atoms with Gasteiger partial charge in [-0.05, 0) is 55.8 Å². The molecule has 0 unspecified atom stereocenters. The minimum absolute atomic E-state index is 0.0740. The van der Waals surface area contributed by atoms with Crippen molar-refractivity contribution in [1.82, 2.24) is 0 Å². The number of nitrogens with zero attached hydrogens (tertiary/aromatic N) is 1. The molecule has 6 heteroatoms. The Morgan fingerprint density at radius 1 is 1.26 bits per heavy atom. The molecule has 0 saturated heterocycles. The number of halogens is 2. The van der Waals surface area contributed by atoms with Crippen molar-refractivity contribution in [3.63, 3.8) is 0 Å². The van der Waals surface area contributed by atoms with Gasteiger partial charge in [0.1, 0.15) is 11.6 Å². The normalized spacial score (nSPS) is 11.6. The van der Waals surface area contributed by atoms with Crippen LogP contribution in [0.3, 0.4) is 0 Å². The van der Waals surface area contributed by atoms with E-state index in [9.17, 15) is 4.39 Å². The van der Waals surface area contributed by atoms with Crippen molar-refractivity contribution in [2.75, 3.05) is 5.32 Å². The Hall–Kier alpha value is -2.27. The van der Waals surface area contributed by atoms with Crippen molar-refractivity contribution in [3.05, 3.63) is 58.9 Å². The smallest absolute Gasteiger partial charge is 0.193 e. The first-order valence-electron chi connectivity index (χ1n) is 7.21. The molecule has 0 saturated carbocycles. The molecule has 4 nitrogen and oxygen atoms in total. The summed E-state index contributed by atoms with van der Waals surface area (Å²) in [5.41, 5.74) is 7.43. The molecule has 0 amide bonds. The Balaban J connectivity index is 1.95. The minimum atomic E-state index is -0.450. The van der Waals surface area contributed by atoms with Gasteiger partial charge in [0.15, 0.2) is 5.96 Å². The fourth-order valence-electron chi connectivity index (χ4n) is 1.89. The van der Waals surface area contributed by atoms with Gasteiger partial charge < -0.3 is 15.8 Å². The molecule has 0 aliphatic heterocycles. The van der Waals surface area contributed by atoms with Crippen LogP contribution in [0.5, 0.6) is 5.75 Å². The summed E-state index contributed by atoms with van der Waals surface area (Å²) in [5, 5.41) is 3.06. The highest BCUT2D eigenvalue weighted by molar-refractivity contribution is 6.30. The van der Waals surface area contributed by atoms with E-state index in [2.05, 4.69) is 10.3 Å². The lowest BCUT2D eigenvalue weighted by molar-refractivity contribution is 0.242. The van der Waals surface area contributed by atoms with Crippen molar-refractivity contribution in [3.8, 4) is 5.75 Å². The SMILES string of the molecule is CC(C)Oc1ccc(NC(N)=NCc2ccc(F)c(Cl)c2)cc1. The van der Waals surface area contributed by atoms with Crippen LogP contribution >= 0.6 is 11.6 Å². The van der Waals surface area contributed by atoms with E-state index in [4.69, 9.17) is 22.1 Å². The van der Waals surface area contributed by atoms with Gasteiger partial charge in [-0.3, -0.25) is 0 Å². The molecule has 0 radical (unpaired) electrons. The van der Waals surface area contributed by atoms with Crippen LogP contribution < -0.4 is 15.8 Å². The van der Waals surface area contributed by atoms with Gasteiger partial charge in [-0.1, -0.05) is 17.7 Å². The summed E-state index contributed by atoms with van der Waals surface area (Å²) in [7, 11) is 0. The molecule has 0 fully saturated rings. The second-order valence-corrected chi connectivity index (χ2v) is 5.67. The zero-order chi connectivity index (χ0) is 16.8. The molecule has 0 aromatic heterocycles. The van der Waals surface area contributed by atoms with E-state index in [1.165, 1.54) is 12.1 Å². The van der Waals surface area contributed by atoms with Crippen LogP contribution in [-0.4, -0.2) is 12.1 Å². The number of hydrogen-bond donors (Lipinski definition) is 2. The van der Waals surface area contributed by atoms with Crippen molar-refractivity contribution < 1.29 is 9.13 Å². The lowest BCUT2D eigenvalue weighted by Crippen LogP contribution is -2.22. The molecule has 23 heavy (non-hydrogen) atoms. The van der Waals surface area contributed by atoms with Gasteiger partial charge in [-0.25, -0.2) is 9.38 Å². The molecule has 2 aromatic carbocycles. The summed E-state index contributed by atoms with van der Waals surface area (Å²) in [6.45, 7) is 4.25. The number of aliphatic imine (C=N–C) groups is 1. The van der Waals surface area contributed by atoms with E-state index in [0.717, 1.165) is 17.0 Å². The quantitative estimate of drug-likeness (QED) is 0.636. The molecule has 0 aliphatic carbocycles. The van der Waals surface area contributed by atoms with Crippen LogP contribution in [0.1, 0.15) is 19.4 Å². The van der Waals surface area contributed by atoms with Gasteiger partial charge in [0.25, 0.3) is 0 Å². The van der Waals surface area contributed by atoms with E-state index >= 15 is 0 Å². The van der Waals surface area contributed by atoms with E-state index in [1.807, 2.05) is 38.1 Å². The number of nitrogens with two attached hydrogens (primary N) is 1. The zero-order valence-corrected chi connectivity index (χ0v) is 13.8. The van der Waals surface area contributed by atoms with Crippen molar-refractivity contribution in [1.29, 1.82) is 0 Å². The number of nitrogens with one attached hydrogen (secondary N) is 1. The third kappa shape index (κ3) is 5.45. The van der Waals surface area contributed by atoms with E-state index in [0.29, 0.717) is 6.54 Å². The predicted molar refractivity (Wildman–Crippen MR) is 92.6 cm³/mol. The topological polar surface area (TPSA) is 59.6 Å². The number of anilines is 1. The average molecular weight is 336 g/mol. The first kappa shape index (κ1) is 17.1. The first-order valence-corrected chi connectivity index (χ1v) is 7.59. The first-order chi connectivity index (χ1) is 10.9. The second kappa shape index (κ2) is 7.83. The van der Waals surface area contributed by atoms with Crippen molar-refractivity contribution >= 4 is 23.2 Å². The maximum absolute atomic E-state index is 13.1. The minimum Gasteiger partial charge on any atom is -0.491 e. The number of benzene rings is 2. The zero-order valence-electron chi connectivity index (χ0n) is 13.0. The summed E-state index contributed by atoms with van der Waals surface area (Å²) < 4.78 is 18.6. The highest BCUT2D eigenvalue weighted by atomic mass is 35.5. The Labute approximate surface area is 140 Å². The van der Waals surface area contributed by atoms with E-state index < -0.39 is 5.82 Å². The van der Waals surface area contributed by atoms with Crippen LogP contribution in [-0.2, 0) is 6.54 Å². The summed E-state index contributed by atoms with van der Waals surface area (Å²) in [5.74, 6) is 0.610. The van der Waals surface area contributed by atoms with Crippen LogP contribution in [0.2, 0.25) is 5.02 Å². The highest BCUT2D eigenvalue weighted by Crippen LogP contribution is 2.18. The molecule has 2 rings (SSSR count). The molecule has 0 bridgehead atoms. The molecule has 122 valence electrons. The van der Waals surface area contributed by atoms with Gasteiger partial charge >= 0.3 is 0 Å². The van der Waals surface area contributed by atoms with Crippen LogP contribution in [0, 0.1) is 5.82 Å². The maximum atomic E-state index is 13.1. The van der Waals surface area contributed by atoms with Crippen molar-refractivity contribution in [2.45, 2.75) is 26.5 Å². The third-order valence-electron chi connectivity index (χ3n) is 2.91. The third-order valence-corrected chi connectivity index (χ3v) is 3.20. The summed E-state index contributed by atoms with van der Waals surface area (Å²) >= 11 is 5.73. The largest absolute Gasteiger partial charge is 0.491 e. The molecule has 3 N–H and O–H groups in total. The van der Waals surface area contributed by atoms with Gasteiger partial charge in [0, 0.05) is 5.69 Å². The highest BCUT2D eigenvalue weighted by Gasteiger charge is 2.02. The Bertz CT molecular complexity index is 687. The van der Waals surface area contributed by atoms with Crippen LogP contribution in [0.15, 0.2) is 47.5 Å². The van der Waals surface area contributed by atoms with Gasteiger partial charge in [0.05, 0.1) is 17.7 Å². The van der Waals surface area contributed by atoms with Crippen molar-refractivity contribution in [2.24, 2.45) is 10.7 Å². The molecular weight excluding hydrogens is 317 g/mol. The molecular formula is C17H19ClFN3O. The van der Waals surface area contributed by atoms with E-state index in [1.54, 1.807) is 6.07 Å². The average Bonchev–Trinajstić information content (AvgIpc) is 2.50. The monoisotopic (exact) mass is 335 g/mol. The number of hydrogen-bond acceptors (Lipinski definition) is 2. The molecule has 0 heterocycles. The summed E-state index contributed by atoms with van der Waals surface area (Å²) in [6, 6.07) is 11.9. The number of ether oxygens (including phenoxy) is 1. The second-order valence-electron chi connectivity index (χ2n) is 5.27. The lowest BCUT2D eigenvalue weighted by atomic mass is 10.2. The Morgan fingerprint density at radius 3 is 2.57 bits per heavy atom. The van der Waals surface area contributed by atoms with Crippen LogP contribution in [0.25, 0.3) is 0 Å². The lowest BCUT2D eigenvalue weighted by Gasteiger charge is -2.11. The van der Waals surface area contributed by atoms with Gasteiger partial charge in [-0.15, -0.1) is 0 Å². The molecule has 0 spiro atoms. The molecule has 0 atom stereocenters. The molecule has 0 aliphatic rings. The van der Waals surface area contributed by atoms with Gasteiger partial charge in [0.2, 0.25) is 0 Å². The Morgan fingerprint density at radius 2 is 1.96 bits per heavy atom. The van der Waals surface area contributed by atoms with Gasteiger partial charge in [-0.2, -0.15) is 0 Å². The fourth-order valence-corrected chi connectivity index (χ4v) is 2.09. The number of guanidine groups is 1. The molecule has 2 aromatic rings. The van der Waals surface area contributed by atoms with Crippen LogP contribution in [0.4, 0.5) is 10.1 Å². The fraction of sp³-hybridized carbons (Fsp3) is 0.235. The standard InChI is InChI=1S/C17H19ClFN3O/c1-11(2)23-14-6-4-13(5-7-14)22-17(20)21-10-12-3-8-16(19)15(18)9-12/h3-9,11H,10H2,1-2H3,(H3,20,21,22). The maximum Gasteiger partial charge on any atom is 0.193 e. The summed E-state index contributed by atoms with van der Waals surface area (Å²) in [6.07, 6.45) is 0.128. The predicted octanol–water partition coefficient (Wildman–Crippen LogP) is 4.19. The summed E-state index contributed by atoms with van der Waals surface area (Å²) in [4.78, 5) is 4.20.